The van der Waals surface area contributed by atoms with Crippen LogP contribution in [0.4, 0.5) is 0 Å². The van der Waals surface area contributed by atoms with Gasteiger partial charge in [-0.1, -0.05) is 17.7 Å². The second-order valence-corrected chi connectivity index (χ2v) is 6.64. The van der Waals surface area contributed by atoms with Crippen LogP contribution < -0.4 is 4.74 Å². The molecule has 0 bridgehead atoms. The number of piperidine rings is 1. The van der Waals surface area contributed by atoms with Crippen molar-refractivity contribution >= 4 is 0 Å². The lowest BCUT2D eigenvalue weighted by molar-refractivity contribution is 0.0378. The van der Waals surface area contributed by atoms with Crippen LogP contribution >= 0.6 is 0 Å². The lowest BCUT2D eigenvalue weighted by Gasteiger charge is -2.33. The maximum Gasteiger partial charge on any atom is 0.122 e. The topological polar surface area (TPSA) is 41.9 Å². The van der Waals surface area contributed by atoms with Crippen molar-refractivity contribution in [1.82, 2.24) is 4.90 Å². The van der Waals surface area contributed by atoms with Gasteiger partial charge in [0.15, 0.2) is 0 Å². The molecule has 1 saturated heterocycles. The minimum Gasteiger partial charge on any atom is -0.491 e. The van der Waals surface area contributed by atoms with E-state index in [1.165, 1.54) is 5.56 Å². The average Bonchev–Trinajstić information content (AvgIpc) is 2.53. The zero-order valence-corrected chi connectivity index (χ0v) is 14.8. The Morgan fingerprint density at radius 1 is 1.26 bits per heavy atom. The fraction of sp³-hybridized carbons (Fsp3) is 0.684. The van der Waals surface area contributed by atoms with Crippen molar-refractivity contribution in [3.05, 3.63) is 29.3 Å². The van der Waals surface area contributed by atoms with E-state index in [2.05, 4.69) is 17.9 Å². The monoisotopic (exact) mass is 321 g/mol. The van der Waals surface area contributed by atoms with E-state index in [0.717, 1.165) is 50.5 Å². The van der Waals surface area contributed by atoms with Crippen molar-refractivity contribution in [3.63, 3.8) is 0 Å². The predicted molar refractivity (Wildman–Crippen MR) is 93.1 cm³/mol. The number of rotatable bonds is 8. The van der Waals surface area contributed by atoms with Gasteiger partial charge >= 0.3 is 0 Å². The van der Waals surface area contributed by atoms with Crippen LogP contribution in [-0.2, 0) is 4.74 Å². The maximum atomic E-state index is 10.2. The second-order valence-electron chi connectivity index (χ2n) is 6.64. The highest BCUT2D eigenvalue weighted by molar-refractivity contribution is 5.35. The maximum absolute atomic E-state index is 10.2. The zero-order valence-electron chi connectivity index (χ0n) is 14.8. The van der Waals surface area contributed by atoms with Gasteiger partial charge in [0.2, 0.25) is 0 Å². The molecule has 130 valence electrons. The van der Waals surface area contributed by atoms with Crippen LogP contribution in [0.15, 0.2) is 18.2 Å². The SMILES string of the molecule is CCOCC1CCN(CC(O)COc2ccc(C)cc2C)CC1. The second kappa shape index (κ2) is 9.26. The number of aliphatic hydroxyl groups is 1. The molecular weight excluding hydrogens is 290 g/mol. The quantitative estimate of drug-likeness (QED) is 0.799. The third-order valence-electron chi connectivity index (χ3n) is 4.50. The molecule has 4 heteroatoms. The Bertz CT molecular complexity index is 470. The van der Waals surface area contributed by atoms with Crippen LogP contribution in [0.2, 0.25) is 0 Å². The van der Waals surface area contributed by atoms with Crippen molar-refractivity contribution in [2.75, 3.05) is 39.5 Å². The lowest BCUT2D eigenvalue weighted by Crippen LogP contribution is -2.41. The van der Waals surface area contributed by atoms with Crippen molar-refractivity contribution in [2.24, 2.45) is 5.92 Å². The summed E-state index contributed by atoms with van der Waals surface area (Å²) in [6.07, 6.45) is 1.87. The first-order valence-corrected chi connectivity index (χ1v) is 8.76. The van der Waals surface area contributed by atoms with Gasteiger partial charge in [0.05, 0.1) is 0 Å². The van der Waals surface area contributed by atoms with Gasteiger partial charge in [-0.05, 0) is 64.3 Å². The van der Waals surface area contributed by atoms with Crippen LogP contribution in [0, 0.1) is 19.8 Å². The molecule has 0 aliphatic carbocycles. The third kappa shape index (κ3) is 6.13. The van der Waals surface area contributed by atoms with E-state index < -0.39 is 6.10 Å². The minimum absolute atomic E-state index is 0.350. The number of hydrogen-bond donors (Lipinski definition) is 1. The number of ether oxygens (including phenoxy) is 2. The highest BCUT2D eigenvalue weighted by Crippen LogP contribution is 2.20. The molecule has 0 aromatic heterocycles. The molecule has 0 spiro atoms. The largest absolute Gasteiger partial charge is 0.491 e. The summed E-state index contributed by atoms with van der Waals surface area (Å²) < 4.78 is 11.3. The van der Waals surface area contributed by atoms with Crippen molar-refractivity contribution in [3.8, 4) is 5.75 Å². The van der Waals surface area contributed by atoms with Crippen molar-refractivity contribution in [1.29, 1.82) is 0 Å². The van der Waals surface area contributed by atoms with E-state index in [1.807, 2.05) is 26.0 Å². The molecule has 2 rings (SSSR count). The summed E-state index contributed by atoms with van der Waals surface area (Å²) in [4.78, 5) is 2.33. The number of β-amino-alcohol motifs (C(OH)–C–C–N with tert-alkyl or cyclic N) is 1. The van der Waals surface area contributed by atoms with E-state index >= 15 is 0 Å². The van der Waals surface area contributed by atoms with Gasteiger partial charge in [-0.2, -0.15) is 0 Å². The Balaban J connectivity index is 1.68. The highest BCUT2D eigenvalue weighted by Gasteiger charge is 2.21. The molecule has 0 saturated carbocycles. The Morgan fingerprint density at radius 3 is 2.65 bits per heavy atom. The van der Waals surface area contributed by atoms with E-state index in [1.54, 1.807) is 0 Å². The zero-order chi connectivity index (χ0) is 16.7. The van der Waals surface area contributed by atoms with Gasteiger partial charge in [-0.15, -0.1) is 0 Å². The third-order valence-corrected chi connectivity index (χ3v) is 4.50. The first kappa shape index (κ1) is 18.2. The molecule has 1 unspecified atom stereocenters. The Morgan fingerprint density at radius 2 is 2.00 bits per heavy atom. The number of benzene rings is 1. The summed E-state index contributed by atoms with van der Waals surface area (Å²) in [5, 5.41) is 10.2. The van der Waals surface area contributed by atoms with Crippen LogP contribution in [0.3, 0.4) is 0 Å². The molecule has 0 radical (unpaired) electrons. The van der Waals surface area contributed by atoms with Crippen LogP contribution in [-0.4, -0.2) is 55.6 Å². The fourth-order valence-electron chi connectivity index (χ4n) is 3.12. The summed E-state index contributed by atoms with van der Waals surface area (Å²) >= 11 is 0. The Hall–Kier alpha value is -1.10. The molecule has 1 fully saturated rings. The molecule has 1 atom stereocenters. The Kier molecular flexibility index (Phi) is 7.34. The number of aryl methyl sites for hydroxylation is 2. The number of aliphatic hydroxyl groups excluding tert-OH is 1. The van der Waals surface area contributed by atoms with Gasteiger partial charge < -0.3 is 19.5 Å². The highest BCUT2D eigenvalue weighted by atomic mass is 16.5. The Labute approximate surface area is 140 Å². The lowest BCUT2D eigenvalue weighted by atomic mass is 9.97. The summed E-state index contributed by atoms with van der Waals surface area (Å²) in [5.41, 5.74) is 2.35. The van der Waals surface area contributed by atoms with E-state index in [-0.39, 0.29) is 0 Å². The molecule has 0 amide bonds. The predicted octanol–water partition coefficient (Wildman–Crippen LogP) is 2.79. The molecule has 1 aliphatic rings. The van der Waals surface area contributed by atoms with E-state index in [4.69, 9.17) is 9.47 Å². The van der Waals surface area contributed by atoms with Crippen LogP contribution in [0.5, 0.6) is 5.75 Å². The molecular formula is C19H31NO3. The van der Waals surface area contributed by atoms with Gasteiger partial charge in [0.1, 0.15) is 18.5 Å². The summed E-state index contributed by atoms with van der Waals surface area (Å²) in [5.74, 6) is 1.54. The molecule has 1 N–H and O–H groups in total. The average molecular weight is 321 g/mol. The normalized spacial score (nSPS) is 18.1. The van der Waals surface area contributed by atoms with Crippen molar-refractivity contribution < 1.29 is 14.6 Å². The van der Waals surface area contributed by atoms with Crippen LogP contribution in [0.1, 0.15) is 30.9 Å². The van der Waals surface area contributed by atoms with Gasteiger partial charge in [-0.25, -0.2) is 0 Å². The van der Waals surface area contributed by atoms with E-state index in [0.29, 0.717) is 19.1 Å². The molecule has 1 aromatic rings. The summed E-state index contributed by atoms with van der Waals surface area (Å²) in [7, 11) is 0. The first-order chi connectivity index (χ1) is 11.1. The smallest absolute Gasteiger partial charge is 0.122 e. The van der Waals surface area contributed by atoms with Gasteiger partial charge in [0, 0.05) is 19.8 Å². The standard InChI is InChI=1S/C19H31NO3/c1-4-22-13-17-7-9-20(10-8-17)12-18(21)14-23-19-6-5-15(2)11-16(19)3/h5-6,11,17-18,21H,4,7-10,12-14H2,1-3H3. The molecule has 1 heterocycles. The summed E-state index contributed by atoms with van der Waals surface area (Å²) in [6.45, 7) is 10.9. The molecule has 1 aromatic carbocycles. The van der Waals surface area contributed by atoms with Crippen LogP contribution in [0.25, 0.3) is 0 Å². The fourth-order valence-corrected chi connectivity index (χ4v) is 3.12. The van der Waals surface area contributed by atoms with E-state index in [9.17, 15) is 5.11 Å². The molecule has 23 heavy (non-hydrogen) atoms. The molecule has 4 nitrogen and oxygen atoms in total. The first-order valence-electron chi connectivity index (χ1n) is 8.76. The number of likely N-dealkylation sites (tertiary alicyclic amines) is 1. The van der Waals surface area contributed by atoms with Gasteiger partial charge in [-0.3, -0.25) is 0 Å². The van der Waals surface area contributed by atoms with Crippen molar-refractivity contribution in [2.45, 2.75) is 39.7 Å². The number of nitrogens with zero attached hydrogens (tertiary/aromatic N) is 1. The van der Waals surface area contributed by atoms with Gasteiger partial charge in [0.25, 0.3) is 0 Å². The number of hydrogen-bond acceptors (Lipinski definition) is 4. The molecule has 1 aliphatic heterocycles. The minimum atomic E-state index is -0.445. The summed E-state index contributed by atoms with van der Waals surface area (Å²) in [6, 6.07) is 6.12.